The van der Waals surface area contributed by atoms with E-state index in [1.807, 2.05) is 0 Å². The molecule has 0 rings (SSSR count). The van der Waals surface area contributed by atoms with Crippen LogP contribution >= 0.6 is 22.2 Å². The number of Topliss-reactive ketones (excluding diaryl/α,β-unsaturated/α-hetero) is 1. The number of carbonyl (C=O) groups is 1. The van der Waals surface area contributed by atoms with Gasteiger partial charge in [0.2, 0.25) is 0 Å². The second kappa shape index (κ2) is 5.88. The summed E-state index contributed by atoms with van der Waals surface area (Å²) in [6.45, 7) is 2.28. The lowest BCUT2D eigenvalue weighted by atomic mass is 10.1. The zero-order chi connectivity index (χ0) is 11.4. The van der Waals surface area contributed by atoms with Crippen LogP contribution in [0.25, 0.3) is 0 Å². The van der Waals surface area contributed by atoms with Crippen molar-refractivity contribution in [2.45, 2.75) is 25.5 Å². The van der Waals surface area contributed by atoms with Crippen molar-refractivity contribution in [3.05, 3.63) is 12.2 Å². The first-order valence-electron chi connectivity index (χ1n) is 4.11. The summed E-state index contributed by atoms with van der Waals surface area (Å²) < 4.78 is 4.85. The van der Waals surface area contributed by atoms with Gasteiger partial charge in [-0.2, -0.15) is 0 Å². The van der Waals surface area contributed by atoms with Crippen molar-refractivity contribution >= 4 is 34.9 Å². The van der Waals surface area contributed by atoms with Crippen LogP contribution in [-0.4, -0.2) is 31.0 Å². The van der Waals surface area contributed by atoms with E-state index >= 15 is 0 Å². The molecule has 82 valence electrons. The fourth-order valence-corrected chi connectivity index (χ4v) is 2.29. The minimum Gasteiger partial charge on any atom is -0.396 e. The van der Waals surface area contributed by atoms with Crippen LogP contribution in [0.2, 0.25) is 6.04 Å². The highest BCUT2D eigenvalue weighted by molar-refractivity contribution is 7.42. The third-order valence-corrected chi connectivity index (χ3v) is 5.26. The molecular weight excluding hydrogens is 243 g/mol. The molecule has 1 N–H and O–H groups in total. The predicted molar refractivity (Wildman–Crippen MR) is 59.7 cm³/mol. The molecule has 1 unspecified atom stereocenters. The molecule has 0 aromatic carbocycles. The Hall–Kier alpha value is 0.127. The lowest BCUT2D eigenvalue weighted by Gasteiger charge is -2.15. The third kappa shape index (κ3) is 5.12. The largest absolute Gasteiger partial charge is 0.396 e. The molecule has 0 saturated heterocycles. The van der Waals surface area contributed by atoms with Gasteiger partial charge in [0.05, 0.1) is 0 Å². The molecule has 3 nitrogen and oxygen atoms in total. The van der Waals surface area contributed by atoms with Crippen LogP contribution in [0.3, 0.4) is 0 Å². The second-order valence-electron chi connectivity index (χ2n) is 3.04. The minimum absolute atomic E-state index is 0.207. The quantitative estimate of drug-likeness (QED) is 0.449. The van der Waals surface area contributed by atoms with Crippen LogP contribution in [0.5, 0.6) is 0 Å². The summed E-state index contributed by atoms with van der Waals surface area (Å²) in [5, 5.41) is 9.39. The monoisotopic (exact) mass is 256 g/mol. The van der Waals surface area contributed by atoms with Crippen molar-refractivity contribution in [1.82, 2.24) is 0 Å². The predicted octanol–water partition coefficient (Wildman–Crippen LogP) is 1.95. The lowest BCUT2D eigenvalue weighted by Crippen LogP contribution is -2.28. The standard InChI is InChI=1S/C8H14Cl2O3Si/c1-6(2)8(12)7(11)4-5-14(9,10)13-3/h7,11H,1,4-5H2,2-3H3. The van der Waals surface area contributed by atoms with Gasteiger partial charge in [0.15, 0.2) is 5.78 Å². The smallest absolute Gasteiger partial charge is 0.389 e. The molecule has 0 spiro atoms. The molecule has 0 aliphatic carbocycles. The summed E-state index contributed by atoms with van der Waals surface area (Å²) >= 11 is 11.6. The third-order valence-electron chi connectivity index (χ3n) is 1.73. The van der Waals surface area contributed by atoms with Crippen LogP contribution in [0.4, 0.5) is 0 Å². The van der Waals surface area contributed by atoms with Crippen LogP contribution in [0.1, 0.15) is 13.3 Å². The average Bonchev–Trinajstić information content (AvgIpc) is 2.13. The molecule has 0 radical (unpaired) electrons. The van der Waals surface area contributed by atoms with Crippen LogP contribution in [-0.2, 0) is 9.22 Å². The first-order chi connectivity index (χ1) is 6.30. The number of ketones is 1. The Kier molecular flexibility index (Phi) is 5.93. The zero-order valence-electron chi connectivity index (χ0n) is 8.22. The summed E-state index contributed by atoms with van der Waals surface area (Å²) in [6, 6.07) is 0.312. The van der Waals surface area contributed by atoms with Gasteiger partial charge in [-0.15, -0.1) is 22.2 Å². The summed E-state index contributed by atoms with van der Waals surface area (Å²) in [5.74, 6) is -0.376. The molecule has 0 amide bonds. The number of carbonyl (C=O) groups excluding carboxylic acids is 1. The minimum atomic E-state index is -2.72. The maximum absolute atomic E-state index is 11.2. The number of hydrogen-bond acceptors (Lipinski definition) is 3. The van der Waals surface area contributed by atoms with Crippen LogP contribution in [0.15, 0.2) is 12.2 Å². The molecule has 0 aliphatic heterocycles. The molecule has 0 aliphatic rings. The number of aliphatic hydroxyl groups is 1. The molecule has 0 fully saturated rings. The SMILES string of the molecule is C=C(C)C(=O)C(O)CC[Si](Cl)(Cl)OC. The number of halogens is 2. The molecular formula is C8H14Cl2O3Si. The van der Waals surface area contributed by atoms with Gasteiger partial charge in [-0.25, -0.2) is 0 Å². The van der Waals surface area contributed by atoms with E-state index in [4.69, 9.17) is 26.6 Å². The van der Waals surface area contributed by atoms with Gasteiger partial charge >= 0.3 is 6.94 Å². The van der Waals surface area contributed by atoms with Crippen molar-refractivity contribution in [3.8, 4) is 0 Å². The normalized spacial score (nSPS) is 13.8. The summed E-state index contributed by atoms with van der Waals surface area (Å²) in [6.07, 6.45) is -0.870. The summed E-state index contributed by atoms with van der Waals surface area (Å²) in [5.41, 5.74) is 0.325. The zero-order valence-corrected chi connectivity index (χ0v) is 10.7. The van der Waals surface area contributed by atoms with E-state index in [1.54, 1.807) is 6.92 Å². The van der Waals surface area contributed by atoms with Gasteiger partial charge in [-0.3, -0.25) is 4.79 Å². The van der Waals surface area contributed by atoms with Gasteiger partial charge in [-0.1, -0.05) is 6.58 Å². The number of hydrogen-bond donors (Lipinski definition) is 1. The first-order valence-corrected chi connectivity index (χ1v) is 8.25. The van der Waals surface area contributed by atoms with Crippen molar-refractivity contribution in [3.63, 3.8) is 0 Å². The highest BCUT2D eigenvalue weighted by Crippen LogP contribution is 2.23. The van der Waals surface area contributed by atoms with Crippen molar-refractivity contribution in [1.29, 1.82) is 0 Å². The molecule has 0 aromatic heterocycles. The maximum atomic E-state index is 11.2. The van der Waals surface area contributed by atoms with E-state index in [9.17, 15) is 9.90 Å². The van der Waals surface area contributed by atoms with Crippen LogP contribution in [0, 0.1) is 0 Å². The van der Waals surface area contributed by atoms with E-state index in [2.05, 4.69) is 6.58 Å². The van der Waals surface area contributed by atoms with Crippen molar-refractivity contribution < 1.29 is 14.3 Å². The molecule has 14 heavy (non-hydrogen) atoms. The van der Waals surface area contributed by atoms with E-state index < -0.39 is 13.0 Å². The van der Waals surface area contributed by atoms with Gasteiger partial charge in [0, 0.05) is 7.11 Å². The van der Waals surface area contributed by atoms with Gasteiger partial charge in [-0.05, 0) is 25.0 Å². The molecule has 0 heterocycles. The second-order valence-corrected chi connectivity index (χ2v) is 9.47. The van der Waals surface area contributed by atoms with E-state index in [0.29, 0.717) is 11.6 Å². The highest BCUT2D eigenvalue weighted by Gasteiger charge is 2.30. The van der Waals surface area contributed by atoms with E-state index in [1.165, 1.54) is 7.11 Å². The van der Waals surface area contributed by atoms with E-state index in [0.717, 1.165) is 0 Å². The molecule has 0 aromatic rings. The molecule has 1 atom stereocenters. The highest BCUT2D eigenvalue weighted by atomic mass is 35.7. The van der Waals surface area contributed by atoms with Gasteiger partial charge in [0.1, 0.15) is 6.10 Å². The average molecular weight is 257 g/mol. The Bertz CT molecular complexity index is 231. The number of rotatable bonds is 6. The van der Waals surface area contributed by atoms with E-state index in [-0.39, 0.29) is 12.2 Å². The maximum Gasteiger partial charge on any atom is 0.389 e. The van der Waals surface area contributed by atoms with Gasteiger partial charge in [0.25, 0.3) is 0 Å². The Balaban J connectivity index is 4.03. The lowest BCUT2D eigenvalue weighted by molar-refractivity contribution is -0.123. The van der Waals surface area contributed by atoms with Crippen molar-refractivity contribution in [2.75, 3.05) is 7.11 Å². The Morgan fingerprint density at radius 3 is 2.50 bits per heavy atom. The van der Waals surface area contributed by atoms with Gasteiger partial charge < -0.3 is 9.53 Å². The summed E-state index contributed by atoms with van der Waals surface area (Å²) in [7, 11) is 1.42. The Morgan fingerprint density at radius 1 is 1.64 bits per heavy atom. The molecule has 0 bridgehead atoms. The fraction of sp³-hybridized carbons (Fsp3) is 0.625. The first kappa shape index (κ1) is 14.1. The topological polar surface area (TPSA) is 46.5 Å². The molecule has 6 heteroatoms. The molecule has 0 saturated carbocycles. The van der Waals surface area contributed by atoms with Crippen molar-refractivity contribution in [2.24, 2.45) is 0 Å². The van der Waals surface area contributed by atoms with Crippen LogP contribution < -0.4 is 0 Å². The Labute approximate surface area is 94.2 Å². The Morgan fingerprint density at radius 2 is 2.14 bits per heavy atom. The number of aliphatic hydroxyl groups excluding tert-OH is 1. The fourth-order valence-electron chi connectivity index (χ4n) is 0.822. The summed E-state index contributed by atoms with van der Waals surface area (Å²) in [4.78, 5) is 11.2.